The fourth-order valence-corrected chi connectivity index (χ4v) is 4.75. The largest absolute Gasteiger partial charge is 0.523 e. The van der Waals surface area contributed by atoms with Crippen molar-refractivity contribution >= 4 is 30.1 Å². The lowest BCUT2D eigenvalue weighted by atomic mass is 9.97. The van der Waals surface area contributed by atoms with Gasteiger partial charge in [-0.1, -0.05) is 34.9 Å². The predicted molar refractivity (Wildman–Crippen MR) is 145 cm³/mol. The fraction of sp³-hybridized carbons (Fsp3) is 0.481. The quantitative estimate of drug-likeness (QED) is 0.129. The smallest absolute Gasteiger partial charge is 0.457 e. The molecule has 0 heterocycles. The van der Waals surface area contributed by atoms with E-state index in [2.05, 4.69) is 0 Å². The highest BCUT2D eigenvalue weighted by Gasteiger charge is 2.42. The minimum Gasteiger partial charge on any atom is -0.457 e. The Morgan fingerprint density at radius 3 is 1.92 bits per heavy atom. The van der Waals surface area contributed by atoms with Crippen molar-refractivity contribution in [2.45, 2.75) is 66.5 Å². The van der Waals surface area contributed by atoms with Gasteiger partial charge in [-0.25, -0.2) is 0 Å². The average Bonchev–Trinajstić information content (AvgIpc) is 2.80. The van der Waals surface area contributed by atoms with Crippen LogP contribution in [0.1, 0.15) is 65.6 Å². The molecular weight excluding hydrogens is 547 g/mol. The number of carbonyl (C=O) groups is 2. The lowest BCUT2D eigenvalue weighted by Gasteiger charge is -2.23. The standard InChI is InChI=1S/C27H35O10PS/c1-26(2,3)23(28)35-25(36-24(29)27(4,5)6)37-38(30)22(16-11-17-39(31,32)33)19-12-10-15-21(18-19)34-20-13-8-7-9-14-20/h7-10,12-15,18,22,25H,11,16-17H2,1-6H3/p+1. The van der Waals surface area contributed by atoms with E-state index in [0.29, 0.717) is 17.1 Å². The first-order valence-electron chi connectivity index (χ1n) is 12.3. The van der Waals surface area contributed by atoms with E-state index in [1.54, 1.807) is 90.1 Å². The van der Waals surface area contributed by atoms with E-state index in [0.717, 1.165) is 0 Å². The van der Waals surface area contributed by atoms with Gasteiger partial charge in [0, 0.05) is 12.0 Å². The van der Waals surface area contributed by atoms with Gasteiger partial charge < -0.3 is 14.2 Å². The maximum Gasteiger partial charge on any atom is 0.523 e. The van der Waals surface area contributed by atoms with Crippen LogP contribution in [0.15, 0.2) is 54.6 Å². The van der Waals surface area contributed by atoms with Crippen molar-refractivity contribution in [1.82, 2.24) is 0 Å². The fourth-order valence-electron chi connectivity index (χ4n) is 3.02. The van der Waals surface area contributed by atoms with Crippen LogP contribution in [0.5, 0.6) is 11.5 Å². The van der Waals surface area contributed by atoms with Crippen molar-refractivity contribution in [3.63, 3.8) is 0 Å². The second kappa shape index (κ2) is 13.5. The summed E-state index contributed by atoms with van der Waals surface area (Å²) in [6.45, 7) is 7.65. The van der Waals surface area contributed by atoms with E-state index in [1.807, 2.05) is 6.07 Å². The van der Waals surface area contributed by atoms with Crippen LogP contribution in [0.25, 0.3) is 0 Å². The number of benzene rings is 2. The first kappa shape index (κ1) is 32.4. The molecule has 2 aromatic carbocycles. The SMILES string of the molecule is CC(C)(C)C(=O)OC(OC(=O)C(C)(C)C)O[P+](=O)C(CCCS(=O)(=O)O)c1cccc(Oc2ccccc2)c1. The Morgan fingerprint density at radius 2 is 1.41 bits per heavy atom. The number of rotatable bonds is 12. The monoisotopic (exact) mass is 583 g/mol. The summed E-state index contributed by atoms with van der Waals surface area (Å²) >= 11 is 0. The van der Waals surface area contributed by atoms with Gasteiger partial charge in [0.2, 0.25) is 5.66 Å². The van der Waals surface area contributed by atoms with Crippen LogP contribution in [0.4, 0.5) is 0 Å². The van der Waals surface area contributed by atoms with E-state index in [1.165, 1.54) is 0 Å². The van der Waals surface area contributed by atoms with Gasteiger partial charge in [-0.3, -0.25) is 14.1 Å². The molecule has 214 valence electrons. The second-order valence-electron chi connectivity index (χ2n) is 10.9. The zero-order valence-corrected chi connectivity index (χ0v) is 24.7. The van der Waals surface area contributed by atoms with E-state index in [9.17, 15) is 27.1 Å². The number of para-hydroxylation sites is 1. The van der Waals surface area contributed by atoms with Crippen molar-refractivity contribution < 1.29 is 45.9 Å². The predicted octanol–water partition coefficient (Wildman–Crippen LogP) is 6.41. The topological polar surface area (TPSA) is 142 Å². The Balaban J connectivity index is 2.35. The number of hydrogen-bond donors (Lipinski definition) is 1. The van der Waals surface area contributed by atoms with Crippen molar-refractivity contribution in [2.24, 2.45) is 10.8 Å². The number of ether oxygens (including phenoxy) is 3. The molecule has 0 saturated carbocycles. The molecule has 0 bridgehead atoms. The Kier molecular flexibility index (Phi) is 11.2. The van der Waals surface area contributed by atoms with Crippen LogP contribution in [0.2, 0.25) is 0 Å². The van der Waals surface area contributed by atoms with Gasteiger partial charge in [-0.15, -0.1) is 0 Å². The van der Waals surface area contributed by atoms with Crippen molar-refractivity contribution in [2.75, 3.05) is 5.75 Å². The zero-order valence-electron chi connectivity index (χ0n) is 22.9. The number of hydrogen-bond acceptors (Lipinski definition) is 9. The third-order valence-corrected chi connectivity index (χ3v) is 7.43. The molecule has 12 heteroatoms. The van der Waals surface area contributed by atoms with E-state index < -0.39 is 58.8 Å². The average molecular weight is 584 g/mol. The summed E-state index contributed by atoms with van der Waals surface area (Å²) in [5.74, 6) is -1.07. The summed E-state index contributed by atoms with van der Waals surface area (Å²) in [6, 6.07) is 15.6. The van der Waals surface area contributed by atoms with Gasteiger partial charge in [-0.05, 0) is 76.8 Å². The summed E-state index contributed by atoms with van der Waals surface area (Å²) in [4.78, 5) is 25.1. The highest BCUT2D eigenvalue weighted by molar-refractivity contribution is 7.85. The van der Waals surface area contributed by atoms with E-state index in [4.69, 9.17) is 18.7 Å². The molecule has 2 atom stereocenters. The second-order valence-corrected chi connectivity index (χ2v) is 13.9. The first-order valence-corrected chi connectivity index (χ1v) is 15.1. The maximum absolute atomic E-state index is 13.5. The molecule has 0 aliphatic carbocycles. The van der Waals surface area contributed by atoms with Crippen molar-refractivity contribution in [1.29, 1.82) is 0 Å². The van der Waals surface area contributed by atoms with Gasteiger partial charge in [-0.2, -0.15) is 8.42 Å². The molecule has 0 spiro atoms. The third-order valence-electron chi connectivity index (χ3n) is 5.18. The van der Waals surface area contributed by atoms with Crippen LogP contribution in [-0.4, -0.2) is 37.1 Å². The first-order chi connectivity index (χ1) is 18.0. The molecule has 0 aromatic heterocycles. The van der Waals surface area contributed by atoms with Crippen LogP contribution in [0, 0.1) is 10.8 Å². The minimum absolute atomic E-state index is 0.0109. The number of esters is 2. The molecule has 0 fully saturated rings. The highest BCUT2D eigenvalue weighted by Crippen LogP contribution is 2.47. The molecule has 2 aromatic rings. The molecule has 1 N–H and O–H groups in total. The Labute approximate surface area is 230 Å². The molecule has 39 heavy (non-hydrogen) atoms. The number of carbonyl (C=O) groups excluding carboxylic acids is 2. The molecule has 0 amide bonds. The molecule has 0 aliphatic rings. The summed E-state index contributed by atoms with van der Waals surface area (Å²) in [7, 11) is -7.01. The Morgan fingerprint density at radius 1 is 0.872 bits per heavy atom. The van der Waals surface area contributed by atoms with Gasteiger partial charge in [0.05, 0.1) is 16.6 Å². The van der Waals surface area contributed by atoms with Gasteiger partial charge in [0.1, 0.15) is 11.5 Å². The van der Waals surface area contributed by atoms with E-state index >= 15 is 0 Å². The molecule has 0 saturated heterocycles. The van der Waals surface area contributed by atoms with Crippen molar-refractivity contribution in [3.8, 4) is 11.5 Å². The molecular formula is C27H36O10PS+. The van der Waals surface area contributed by atoms with Crippen LogP contribution < -0.4 is 4.74 Å². The highest BCUT2D eigenvalue weighted by atomic mass is 32.2. The van der Waals surface area contributed by atoms with Gasteiger partial charge in [0.25, 0.3) is 10.1 Å². The van der Waals surface area contributed by atoms with Crippen LogP contribution >= 0.6 is 8.03 Å². The van der Waals surface area contributed by atoms with Crippen LogP contribution in [-0.2, 0) is 38.3 Å². The third kappa shape index (κ3) is 11.4. The Bertz CT molecular complexity index is 1220. The van der Waals surface area contributed by atoms with Gasteiger partial charge >= 0.3 is 26.4 Å². The maximum atomic E-state index is 13.5. The lowest BCUT2D eigenvalue weighted by Crippen LogP contribution is -2.35. The van der Waals surface area contributed by atoms with Gasteiger partial charge in [0.15, 0.2) is 0 Å². The normalized spacial score (nSPS) is 13.5. The zero-order chi connectivity index (χ0) is 29.4. The molecule has 0 radical (unpaired) electrons. The van der Waals surface area contributed by atoms with Crippen molar-refractivity contribution in [3.05, 3.63) is 60.2 Å². The summed E-state index contributed by atoms with van der Waals surface area (Å²) in [5.41, 5.74) is -2.40. The molecule has 2 unspecified atom stereocenters. The minimum atomic E-state index is -4.26. The van der Waals surface area contributed by atoms with E-state index in [-0.39, 0.29) is 12.8 Å². The van der Waals surface area contributed by atoms with Crippen LogP contribution in [0.3, 0.4) is 0 Å². The molecule has 10 nitrogen and oxygen atoms in total. The molecule has 0 aliphatic heterocycles. The summed E-state index contributed by atoms with van der Waals surface area (Å²) < 4.78 is 67.2. The lowest BCUT2D eigenvalue weighted by molar-refractivity contribution is -0.243. The molecule has 2 rings (SSSR count). The summed E-state index contributed by atoms with van der Waals surface area (Å²) in [5, 5.41) is 0. The Hall–Kier alpha value is -2.85. The summed E-state index contributed by atoms with van der Waals surface area (Å²) in [6.07, 6.45) is -0.0388.